The highest BCUT2D eigenvalue weighted by molar-refractivity contribution is 5.86. The van der Waals surface area contributed by atoms with E-state index in [0.717, 1.165) is 12.2 Å². The van der Waals surface area contributed by atoms with Crippen LogP contribution in [0.4, 0.5) is 0 Å². The van der Waals surface area contributed by atoms with Crippen molar-refractivity contribution < 1.29 is 9.53 Å². The van der Waals surface area contributed by atoms with Gasteiger partial charge >= 0.3 is 0 Å². The molecule has 6 nitrogen and oxygen atoms in total. The number of carbonyl (C=O) groups excluding carboxylic acids is 1. The van der Waals surface area contributed by atoms with Gasteiger partial charge in [-0.1, -0.05) is 25.1 Å². The van der Waals surface area contributed by atoms with Crippen molar-refractivity contribution in [3.05, 3.63) is 30.3 Å². The van der Waals surface area contributed by atoms with Gasteiger partial charge in [0, 0.05) is 20.6 Å². The first-order chi connectivity index (χ1) is 10.7. The van der Waals surface area contributed by atoms with E-state index in [9.17, 15) is 4.79 Å². The van der Waals surface area contributed by atoms with Crippen LogP contribution in [-0.4, -0.2) is 57.1 Å². The number of para-hydroxylation sites is 1. The van der Waals surface area contributed by atoms with E-state index in [1.54, 1.807) is 7.05 Å². The van der Waals surface area contributed by atoms with Crippen molar-refractivity contribution in [3.63, 3.8) is 0 Å². The van der Waals surface area contributed by atoms with Gasteiger partial charge in [0.1, 0.15) is 12.4 Å². The van der Waals surface area contributed by atoms with Crippen molar-refractivity contribution in [2.45, 2.75) is 13.3 Å². The van der Waals surface area contributed by atoms with Crippen LogP contribution in [-0.2, 0) is 4.79 Å². The van der Waals surface area contributed by atoms with Crippen LogP contribution in [0.5, 0.6) is 5.75 Å². The second-order valence-electron chi connectivity index (χ2n) is 4.83. The number of hydrogen-bond donors (Lipinski definition) is 2. The third-order valence-electron chi connectivity index (χ3n) is 2.99. The van der Waals surface area contributed by atoms with Crippen molar-refractivity contribution in [3.8, 4) is 5.75 Å². The molecule has 0 unspecified atom stereocenters. The van der Waals surface area contributed by atoms with E-state index in [0.29, 0.717) is 25.7 Å². The van der Waals surface area contributed by atoms with Crippen molar-refractivity contribution in [1.82, 2.24) is 15.5 Å². The summed E-state index contributed by atoms with van der Waals surface area (Å²) < 4.78 is 5.65. The summed E-state index contributed by atoms with van der Waals surface area (Å²) in [6, 6.07) is 9.67. The van der Waals surface area contributed by atoms with E-state index in [1.165, 1.54) is 0 Å². The maximum Gasteiger partial charge on any atom is 0.239 e. The van der Waals surface area contributed by atoms with Gasteiger partial charge in [-0.3, -0.25) is 9.79 Å². The number of carbonyl (C=O) groups is 1. The van der Waals surface area contributed by atoms with Crippen LogP contribution in [0.15, 0.2) is 35.3 Å². The molecule has 22 heavy (non-hydrogen) atoms. The molecule has 1 rings (SSSR count). The Morgan fingerprint density at radius 1 is 1.27 bits per heavy atom. The van der Waals surface area contributed by atoms with Crippen LogP contribution < -0.4 is 15.4 Å². The van der Waals surface area contributed by atoms with Gasteiger partial charge in [-0.05, 0) is 18.6 Å². The largest absolute Gasteiger partial charge is 0.492 e. The molecule has 2 N–H and O–H groups in total. The molecular formula is C16H26N4O2. The summed E-state index contributed by atoms with van der Waals surface area (Å²) in [4.78, 5) is 17.7. The Morgan fingerprint density at radius 3 is 2.64 bits per heavy atom. The van der Waals surface area contributed by atoms with Crippen LogP contribution in [0.25, 0.3) is 0 Å². The fourth-order valence-electron chi connectivity index (χ4n) is 1.79. The molecular weight excluding hydrogens is 280 g/mol. The van der Waals surface area contributed by atoms with Gasteiger partial charge in [0.2, 0.25) is 5.91 Å². The molecule has 1 aromatic rings. The minimum atomic E-state index is -0.0306. The van der Waals surface area contributed by atoms with E-state index in [1.807, 2.05) is 49.2 Å². The number of ether oxygens (including phenoxy) is 1. The zero-order valence-electron chi connectivity index (χ0n) is 13.6. The summed E-state index contributed by atoms with van der Waals surface area (Å²) in [5.41, 5.74) is 0. The Labute approximate surface area is 132 Å². The Morgan fingerprint density at radius 2 is 2.00 bits per heavy atom. The predicted molar refractivity (Wildman–Crippen MR) is 89.2 cm³/mol. The molecule has 6 heteroatoms. The fraction of sp³-hybridized carbons (Fsp3) is 0.500. The average molecular weight is 306 g/mol. The molecule has 1 amide bonds. The lowest BCUT2D eigenvalue weighted by Gasteiger charge is -2.22. The smallest absolute Gasteiger partial charge is 0.239 e. The molecule has 0 fully saturated rings. The van der Waals surface area contributed by atoms with Gasteiger partial charge in [-0.15, -0.1) is 0 Å². The number of guanidine groups is 1. The van der Waals surface area contributed by atoms with Gasteiger partial charge in [0.15, 0.2) is 5.96 Å². The average Bonchev–Trinajstić information content (AvgIpc) is 2.54. The van der Waals surface area contributed by atoms with Gasteiger partial charge in [0.05, 0.1) is 13.1 Å². The molecule has 0 bridgehead atoms. The van der Waals surface area contributed by atoms with Gasteiger partial charge in [-0.25, -0.2) is 0 Å². The number of benzene rings is 1. The van der Waals surface area contributed by atoms with E-state index in [4.69, 9.17) is 4.74 Å². The topological polar surface area (TPSA) is 66.0 Å². The fourth-order valence-corrected chi connectivity index (χ4v) is 1.79. The number of hydrogen-bond acceptors (Lipinski definition) is 3. The van der Waals surface area contributed by atoms with Crippen LogP contribution in [0.2, 0.25) is 0 Å². The SMILES string of the molecule is CCCNC(=O)CNC(=NC)N(C)CCOc1ccccc1. The minimum absolute atomic E-state index is 0.0306. The van der Waals surface area contributed by atoms with Gasteiger partial charge in [-0.2, -0.15) is 0 Å². The number of nitrogens with zero attached hydrogens (tertiary/aromatic N) is 2. The third-order valence-corrected chi connectivity index (χ3v) is 2.99. The lowest BCUT2D eigenvalue weighted by Crippen LogP contribution is -2.45. The standard InChI is InChI=1S/C16H26N4O2/c1-4-10-18-15(21)13-19-16(17-2)20(3)11-12-22-14-8-6-5-7-9-14/h5-9H,4,10-13H2,1-3H3,(H,17,19)(H,18,21). The molecule has 0 saturated heterocycles. The van der Waals surface area contributed by atoms with Crippen LogP contribution in [0.1, 0.15) is 13.3 Å². The Kier molecular flexibility index (Phi) is 8.49. The van der Waals surface area contributed by atoms with Gasteiger partial charge in [0.25, 0.3) is 0 Å². The molecule has 0 aromatic heterocycles. The highest BCUT2D eigenvalue weighted by atomic mass is 16.5. The molecule has 0 spiro atoms. The molecule has 0 radical (unpaired) electrons. The van der Waals surface area contributed by atoms with Crippen molar-refractivity contribution in [2.75, 3.05) is 40.3 Å². The van der Waals surface area contributed by atoms with E-state index >= 15 is 0 Å². The maximum absolute atomic E-state index is 11.6. The molecule has 0 saturated carbocycles. The third kappa shape index (κ3) is 6.97. The normalized spacial score (nSPS) is 11.0. The van der Waals surface area contributed by atoms with Crippen LogP contribution >= 0.6 is 0 Å². The number of rotatable bonds is 8. The van der Waals surface area contributed by atoms with E-state index in [2.05, 4.69) is 15.6 Å². The first kappa shape index (κ1) is 17.8. The maximum atomic E-state index is 11.6. The highest BCUT2D eigenvalue weighted by Crippen LogP contribution is 2.07. The number of aliphatic imine (C=N–C) groups is 1. The zero-order chi connectivity index (χ0) is 16.2. The summed E-state index contributed by atoms with van der Waals surface area (Å²) in [6.45, 7) is 4.15. The van der Waals surface area contributed by atoms with Crippen LogP contribution in [0, 0.1) is 0 Å². The molecule has 1 aromatic carbocycles. The van der Waals surface area contributed by atoms with Crippen LogP contribution in [0.3, 0.4) is 0 Å². The summed E-state index contributed by atoms with van der Waals surface area (Å²) >= 11 is 0. The first-order valence-electron chi connectivity index (χ1n) is 7.53. The van der Waals surface area contributed by atoms with Gasteiger partial charge < -0.3 is 20.3 Å². The summed E-state index contributed by atoms with van der Waals surface area (Å²) in [5, 5.41) is 5.85. The summed E-state index contributed by atoms with van der Waals surface area (Å²) in [7, 11) is 3.61. The number of likely N-dealkylation sites (N-methyl/N-ethyl adjacent to an activating group) is 1. The zero-order valence-corrected chi connectivity index (χ0v) is 13.6. The molecule has 0 aliphatic heterocycles. The quantitative estimate of drug-likeness (QED) is 0.557. The second kappa shape index (κ2) is 10.5. The highest BCUT2D eigenvalue weighted by Gasteiger charge is 2.07. The van der Waals surface area contributed by atoms with Crippen molar-refractivity contribution in [1.29, 1.82) is 0 Å². The second-order valence-corrected chi connectivity index (χ2v) is 4.83. The Balaban J connectivity index is 2.29. The first-order valence-corrected chi connectivity index (χ1v) is 7.53. The van der Waals surface area contributed by atoms with E-state index < -0.39 is 0 Å². The molecule has 0 aliphatic carbocycles. The van der Waals surface area contributed by atoms with E-state index in [-0.39, 0.29) is 12.5 Å². The number of amides is 1. The molecule has 0 heterocycles. The molecule has 0 atom stereocenters. The Hall–Kier alpha value is -2.24. The minimum Gasteiger partial charge on any atom is -0.492 e. The summed E-state index contributed by atoms with van der Waals surface area (Å²) in [5.74, 6) is 1.48. The van der Waals surface area contributed by atoms with Crippen molar-refractivity contribution in [2.24, 2.45) is 4.99 Å². The monoisotopic (exact) mass is 306 g/mol. The Bertz CT molecular complexity index is 462. The lowest BCUT2D eigenvalue weighted by atomic mass is 10.3. The predicted octanol–water partition coefficient (Wildman–Crippen LogP) is 1.10. The lowest BCUT2D eigenvalue weighted by molar-refractivity contribution is -0.120. The molecule has 0 aliphatic rings. The number of nitrogens with one attached hydrogen (secondary N) is 2. The summed E-state index contributed by atoms with van der Waals surface area (Å²) in [6.07, 6.45) is 0.928. The van der Waals surface area contributed by atoms with Crippen molar-refractivity contribution >= 4 is 11.9 Å². The molecule has 122 valence electrons.